The van der Waals surface area contributed by atoms with E-state index in [0.29, 0.717) is 33.1 Å². The van der Waals surface area contributed by atoms with Crippen molar-refractivity contribution >= 4 is 34.9 Å². The van der Waals surface area contributed by atoms with Crippen LogP contribution in [-0.4, -0.2) is 63.6 Å². The highest BCUT2D eigenvalue weighted by Gasteiger charge is 2.44. The van der Waals surface area contributed by atoms with Gasteiger partial charge in [-0.3, -0.25) is 9.79 Å². The number of rotatable bonds is 5. The summed E-state index contributed by atoms with van der Waals surface area (Å²) >= 11 is 6.31. The summed E-state index contributed by atoms with van der Waals surface area (Å²) in [4.78, 5) is 31.1. The average Bonchev–Trinajstić information content (AvgIpc) is 3.18. The molecule has 3 saturated heterocycles. The van der Waals surface area contributed by atoms with Crippen LogP contribution in [0.1, 0.15) is 46.3 Å². The van der Waals surface area contributed by atoms with E-state index in [9.17, 15) is 13.6 Å². The van der Waals surface area contributed by atoms with Crippen LogP contribution in [0.25, 0.3) is 11.3 Å². The monoisotopic (exact) mass is 616 g/mol. The third-order valence-electron chi connectivity index (χ3n) is 9.12. The van der Waals surface area contributed by atoms with E-state index in [0.717, 1.165) is 38.9 Å². The lowest BCUT2D eigenvalue weighted by Crippen LogP contribution is -2.61. The second kappa shape index (κ2) is 11.0. The number of hydrogen-bond acceptors (Lipinski definition) is 6. The maximum atomic E-state index is 15.4. The molecule has 0 radical (unpaired) electrons. The number of piperidine rings is 3. The predicted octanol–water partition coefficient (Wildman–Crippen LogP) is 6.62. The van der Waals surface area contributed by atoms with Gasteiger partial charge in [0.15, 0.2) is 0 Å². The Kier molecular flexibility index (Phi) is 7.13. The molecule has 7 nitrogen and oxygen atoms in total. The summed E-state index contributed by atoms with van der Waals surface area (Å²) in [6, 6.07) is 13.0. The minimum Gasteiger partial charge on any atom is -0.336 e. The van der Waals surface area contributed by atoms with Gasteiger partial charge in [0.05, 0.1) is 29.1 Å². The fourth-order valence-electron chi connectivity index (χ4n) is 6.53. The number of aliphatic imine (C=N–C) groups is 1. The molecule has 224 valence electrons. The largest absolute Gasteiger partial charge is 0.336 e. The molecule has 1 amide bonds. The van der Waals surface area contributed by atoms with Crippen LogP contribution >= 0.6 is 11.6 Å². The van der Waals surface area contributed by atoms with E-state index in [2.05, 4.69) is 25.2 Å². The van der Waals surface area contributed by atoms with E-state index in [1.165, 1.54) is 30.3 Å². The molecule has 0 unspecified atom stereocenters. The molecule has 0 saturated carbocycles. The van der Waals surface area contributed by atoms with Gasteiger partial charge in [-0.15, -0.1) is 0 Å². The molecule has 5 heterocycles. The summed E-state index contributed by atoms with van der Waals surface area (Å²) < 4.78 is 45.1. The number of benzene rings is 3. The molecule has 0 atom stereocenters. The Balaban J connectivity index is 1.18. The summed E-state index contributed by atoms with van der Waals surface area (Å²) in [5.74, 6) is -2.28. The molecule has 8 rings (SSSR count). The van der Waals surface area contributed by atoms with Crippen molar-refractivity contribution in [2.75, 3.05) is 32.0 Å². The van der Waals surface area contributed by atoms with Gasteiger partial charge in [0.25, 0.3) is 5.91 Å². The number of carbonyl (C=O) groups is 1. The molecule has 3 aromatic carbocycles. The van der Waals surface area contributed by atoms with Crippen molar-refractivity contribution in [2.24, 2.45) is 4.99 Å². The molecule has 4 aliphatic rings. The number of halogens is 4. The van der Waals surface area contributed by atoms with E-state index in [1.54, 1.807) is 42.4 Å². The Labute approximate surface area is 257 Å². The first-order valence-electron chi connectivity index (χ1n) is 14.4. The van der Waals surface area contributed by atoms with E-state index < -0.39 is 17.5 Å². The number of anilines is 2. The Bertz CT molecular complexity index is 1800. The fraction of sp³-hybridized carbons (Fsp3) is 0.273. The predicted molar refractivity (Wildman–Crippen MR) is 163 cm³/mol. The first-order valence-corrected chi connectivity index (χ1v) is 14.8. The van der Waals surface area contributed by atoms with Crippen LogP contribution in [0.4, 0.5) is 24.8 Å². The molecule has 3 fully saturated rings. The van der Waals surface area contributed by atoms with Crippen molar-refractivity contribution < 1.29 is 18.0 Å². The van der Waals surface area contributed by atoms with Crippen LogP contribution < -0.4 is 5.32 Å². The first kappa shape index (κ1) is 28.5. The number of nitrogens with one attached hydrogen (secondary N) is 1. The molecular weight excluding hydrogens is 589 g/mol. The minimum atomic E-state index is -0.743. The smallest absolute Gasteiger partial charge is 0.257 e. The topological polar surface area (TPSA) is 73.7 Å². The minimum absolute atomic E-state index is 0.0131. The molecule has 1 aromatic heterocycles. The highest BCUT2D eigenvalue weighted by molar-refractivity contribution is 6.31. The van der Waals surface area contributed by atoms with Crippen molar-refractivity contribution in [3.8, 4) is 11.3 Å². The second-order valence-electron chi connectivity index (χ2n) is 11.5. The molecule has 0 spiro atoms. The zero-order valence-electron chi connectivity index (χ0n) is 23.9. The van der Waals surface area contributed by atoms with Crippen molar-refractivity contribution in [1.82, 2.24) is 19.8 Å². The lowest BCUT2D eigenvalue weighted by atomic mass is 9.78. The van der Waals surface area contributed by atoms with Crippen LogP contribution in [0.15, 0.2) is 65.8 Å². The number of amides is 1. The van der Waals surface area contributed by atoms with Crippen molar-refractivity contribution in [3.05, 3.63) is 106 Å². The van der Waals surface area contributed by atoms with Gasteiger partial charge in [-0.1, -0.05) is 23.7 Å². The summed E-state index contributed by atoms with van der Waals surface area (Å²) in [6.07, 6.45) is 4.25. The molecule has 44 heavy (non-hydrogen) atoms. The maximum absolute atomic E-state index is 15.4. The normalized spacial score (nSPS) is 20.3. The van der Waals surface area contributed by atoms with Crippen LogP contribution in [0.3, 0.4) is 0 Å². The molecular formula is C33H28ClF3N6O. The zero-order valence-corrected chi connectivity index (χ0v) is 24.6. The third kappa shape index (κ3) is 4.92. The molecule has 2 bridgehead atoms. The SMILES string of the molecule is CN(C(=O)c1ccc(Nc2ncc3c(n2)-c2ccc(Cl)cc2C(c2c(F)cccc2F)=NC3)cc1F)C12CCN(CC1)CC2. The van der Waals surface area contributed by atoms with Gasteiger partial charge in [-0.25, -0.2) is 23.1 Å². The number of fused-ring (bicyclic) bond motifs is 6. The van der Waals surface area contributed by atoms with Crippen LogP contribution in [-0.2, 0) is 6.54 Å². The Morgan fingerprint density at radius 3 is 2.39 bits per heavy atom. The van der Waals surface area contributed by atoms with Gasteiger partial charge >= 0.3 is 0 Å². The number of hydrogen-bond donors (Lipinski definition) is 1. The van der Waals surface area contributed by atoms with Crippen LogP contribution in [0.2, 0.25) is 5.02 Å². The van der Waals surface area contributed by atoms with Crippen molar-refractivity contribution in [1.29, 1.82) is 0 Å². The standard InChI is InChI=1S/C33H28ClF3N6O/c1-42(33-9-12-43(13-10-33)14-11-33)31(44)23-8-6-21(16-27(23)37)40-32-39-18-19-17-38-30(28-25(35)3-2-4-26(28)36)24-15-20(34)5-7-22(24)29(19)41-32/h2-8,15-16,18H,9-14,17H2,1H3,(H,39,40,41). The van der Waals surface area contributed by atoms with Crippen molar-refractivity contribution in [2.45, 2.75) is 31.3 Å². The summed E-state index contributed by atoms with van der Waals surface area (Å²) in [7, 11) is 1.78. The lowest BCUT2D eigenvalue weighted by Gasteiger charge is -2.52. The summed E-state index contributed by atoms with van der Waals surface area (Å²) in [5, 5.41) is 3.40. The van der Waals surface area contributed by atoms with Crippen molar-refractivity contribution in [3.63, 3.8) is 0 Å². The van der Waals surface area contributed by atoms with Gasteiger partial charge in [0, 0.05) is 65.8 Å². The van der Waals surface area contributed by atoms with Crippen LogP contribution in [0.5, 0.6) is 0 Å². The fourth-order valence-corrected chi connectivity index (χ4v) is 6.70. The Morgan fingerprint density at radius 1 is 0.955 bits per heavy atom. The van der Waals surface area contributed by atoms with Gasteiger partial charge in [-0.05, 0) is 61.7 Å². The highest BCUT2D eigenvalue weighted by Crippen LogP contribution is 2.38. The highest BCUT2D eigenvalue weighted by atomic mass is 35.5. The zero-order chi connectivity index (χ0) is 30.6. The van der Waals surface area contributed by atoms with Gasteiger partial charge in [0.1, 0.15) is 17.5 Å². The molecule has 0 aliphatic carbocycles. The van der Waals surface area contributed by atoms with Gasteiger partial charge in [0.2, 0.25) is 5.95 Å². The summed E-state index contributed by atoms with van der Waals surface area (Å²) in [5.41, 5.74) is 2.14. The maximum Gasteiger partial charge on any atom is 0.257 e. The quantitative estimate of drug-likeness (QED) is 0.273. The third-order valence-corrected chi connectivity index (χ3v) is 9.35. The molecule has 4 aromatic rings. The second-order valence-corrected chi connectivity index (χ2v) is 12.0. The summed E-state index contributed by atoms with van der Waals surface area (Å²) in [6.45, 7) is 2.93. The van der Waals surface area contributed by atoms with E-state index >= 15 is 4.39 Å². The van der Waals surface area contributed by atoms with Gasteiger partial charge in [-0.2, -0.15) is 0 Å². The average molecular weight is 617 g/mol. The van der Waals surface area contributed by atoms with Crippen LogP contribution in [0, 0.1) is 17.5 Å². The van der Waals surface area contributed by atoms with E-state index in [-0.39, 0.29) is 40.8 Å². The van der Waals surface area contributed by atoms with E-state index in [4.69, 9.17) is 11.6 Å². The first-order chi connectivity index (χ1) is 21.2. The number of nitrogens with zero attached hydrogens (tertiary/aromatic N) is 5. The Hall–Kier alpha value is -4.28. The Morgan fingerprint density at radius 2 is 1.68 bits per heavy atom. The number of aromatic nitrogens is 2. The molecule has 11 heteroatoms. The molecule has 1 N–H and O–H groups in total. The van der Waals surface area contributed by atoms with Gasteiger partial charge < -0.3 is 15.1 Å². The number of carbonyl (C=O) groups excluding carboxylic acids is 1. The lowest BCUT2D eigenvalue weighted by molar-refractivity contribution is -0.0101. The molecule has 4 aliphatic heterocycles. The van der Waals surface area contributed by atoms with E-state index in [1.807, 2.05) is 0 Å².